The highest BCUT2D eigenvalue weighted by Gasteiger charge is 2.49. The van der Waals surface area contributed by atoms with E-state index in [-0.39, 0.29) is 5.41 Å². The van der Waals surface area contributed by atoms with Crippen molar-refractivity contribution in [3.05, 3.63) is 47.6 Å². The van der Waals surface area contributed by atoms with E-state index in [1.807, 2.05) is 18.2 Å². The first kappa shape index (κ1) is 11.9. The van der Waals surface area contributed by atoms with E-state index >= 15 is 0 Å². The Labute approximate surface area is 112 Å². The summed E-state index contributed by atoms with van der Waals surface area (Å²) < 4.78 is 5.27. The third kappa shape index (κ3) is 2.25. The minimum absolute atomic E-state index is 0.0326. The first-order valence-corrected chi connectivity index (χ1v) is 6.38. The Balaban J connectivity index is 1.78. The third-order valence-corrected chi connectivity index (χ3v) is 3.48. The Kier molecular flexibility index (Phi) is 3.06. The highest BCUT2D eigenvalue weighted by Crippen LogP contribution is 2.52. The zero-order chi connectivity index (χ0) is 13.1. The standard InChI is InChI=1S/C15H15N3O/c1-2-10-16-11-13-17-14(18-19-13)15(8-9-15)12-6-4-3-5-7-12/h1,3-7,16H,8-11H2. The van der Waals surface area contributed by atoms with Gasteiger partial charge in [-0.3, -0.25) is 5.32 Å². The van der Waals surface area contributed by atoms with Gasteiger partial charge in [0.15, 0.2) is 5.82 Å². The Morgan fingerprint density at radius 2 is 2.11 bits per heavy atom. The fourth-order valence-corrected chi connectivity index (χ4v) is 2.29. The van der Waals surface area contributed by atoms with Gasteiger partial charge in [-0.25, -0.2) is 0 Å². The molecule has 0 unspecified atom stereocenters. The second-order valence-electron chi connectivity index (χ2n) is 4.77. The molecule has 1 heterocycles. The average Bonchev–Trinajstić information content (AvgIpc) is 3.14. The Bertz CT molecular complexity index is 593. The van der Waals surface area contributed by atoms with Crippen LogP contribution in [0.3, 0.4) is 0 Å². The SMILES string of the molecule is C#CCNCc1nc(C2(c3ccccc3)CC2)no1. The molecule has 0 radical (unpaired) electrons. The normalized spacial score (nSPS) is 15.9. The maximum Gasteiger partial charge on any atom is 0.240 e. The Morgan fingerprint density at radius 3 is 2.79 bits per heavy atom. The van der Waals surface area contributed by atoms with E-state index < -0.39 is 0 Å². The number of aromatic nitrogens is 2. The number of hydrogen-bond donors (Lipinski definition) is 1. The molecule has 1 aromatic heterocycles. The topological polar surface area (TPSA) is 51.0 Å². The van der Waals surface area contributed by atoms with E-state index in [9.17, 15) is 0 Å². The van der Waals surface area contributed by atoms with Gasteiger partial charge in [-0.15, -0.1) is 6.42 Å². The lowest BCUT2D eigenvalue weighted by Crippen LogP contribution is -2.14. The predicted octanol–water partition coefficient (Wildman–Crippen LogP) is 1.87. The molecule has 19 heavy (non-hydrogen) atoms. The van der Waals surface area contributed by atoms with Crippen LogP contribution in [0.25, 0.3) is 0 Å². The van der Waals surface area contributed by atoms with Crippen LogP contribution in [0.2, 0.25) is 0 Å². The lowest BCUT2D eigenvalue weighted by Gasteiger charge is -2.09. The van der Waals surface area contributed by atoms with Crippen LogP contribution in [0.5, 0.6) is 0 Å². The summed E-state index contributed by atoms with van der Waals surface area (Å²) in [7, 11) is 0. The molecule has 0 spiro atoms. The van der Waals surface area contributed by atoms with Gasteiger partial charge in [-0.05, 0) is 18.4 Å². The van der Waals surface area contributed by atoms with Crippen LogP contribution in [0, 0.1) is 12.3 Å². The molecular formula is C15H15N3O. The van der Waals surface area contributed by atoms with Crippen LogP contribution < -0.4 is 5.32 Å². The minimum Gasteiger partial charge on any atom is -0.338 e. The summed E-state index contributed by atoms with van der Waals surface area (Å²) in [5.41, 5.74) is 1.23. The summed E-state index contributed by atoms with van der Waals surface area (Å²) in [6, 6.07) is 10.4. The zero-order valence-electron chi connectivity index (χ0n) is 10.6. The average molecular weight is 253 g/mol. The summed E-state index contributed by atoms with van der Waals surface area (Å²) in [4.78, 5) is 4.48. The molecule has 0 aliphatic heterocycles. The van der Waals surface area contributed by atoms with Gasteiger partial charge in [0.1, 0.15) is 0 Å². The van der Waals surface area contributed by atoms with Gasteiger partial charge >= 0.3 is 0 Å². The van der Waals surface area contributed by atoms with Crippen molar-refractivity contribution in [1.29, 1.82) is 0 Å². The molecule has 0 bridgehead atoms. The summed E-state index contributed by atoms with van der Waals surface area (Å²) in [6.45, 7) is 1.02. The molecule has 0 amide bonds. The molecule has 1 fully saturated rings. The monoisotopic (exact) mass is 253 g/mol. The van der Waals surface area contributed by atoms with Crippen molar-refractivity contribution in [2.75, 3.05) is 6.54 Å². The smallest absolute Gasteiger partial charge is 0.240 e. The van der Waals surface area contributed by atoms with Crippen molar-refractivity contribution in [2.45, 2.75) is 24.8 Å². The highest BCUT2D eigenvalue weighted by atomic mass is 16.5. The minimum atomic E-state index is -0.0326. The van der Waals surface area contributed by atoms with Gasteiger partial charge in [-0.2, -0.15) is 4.98 Å². The Morgan fingerprint density at radius 1 is 1.32 bits per heavy atom. The van der Waals surface area contributed by atoms with E-state index in [4.69, 9.17) is 10.9 Å². The Hall–Kier alpha value is -2.12. The van der Waals surface area contributed by atoms with Gasteiger partial charge in [0, 0.05) is 0 Å². The second kappa shape index (κ2) is 4.87. The zero-order valence-corrected chi connectivity index (χ0v) is 10.6. The molecule has 3 rings (SSSR count). The molecule has 2 aromatic rings. The van der Waals surface area contributed by atoms with Crippen LogP contribution in [0.1, 0.15) is 30.1 Å². The number of benzene rings is 1. The van der Waals surface area contributed by atoms with Gasteiger partial charge in [0.25, 0.3) is 0 Å². The summed E-state index contributed by atoms with van der Waals surface area (Å²) in [5, 5.41) is 7.17. The fraction of sp³-hybridized carbons (Fsp3) is 0.333. The van der Waals surface area contributed by atoms with E-state index in [0.717, 1.165) is 18.7 Å². The molecule has 4 nitrogen and oxygen atoms in total. The maximum atomic E-state index is 5.27. The van der Waals surface area contributed by atoms with E-state index in [1.54, 1.807) is 0 Å². The molecule has 1 aliphatic carbocycles. The molecule has 4 heteroatoms. The molecule has 1 saturated carbocycles. The van der Waals surface area contributed by atoms with Crippen molar-refractivity contribution in [3.8, 4) is 12.3 Å². The lowest BCUT2D eigenvalue weighted by atomic mass is 9.95. The van der Waals surface area contributed by atoms with E-state index in [0.29, 0.717) is 19.0 Å². The van der Waals surface area contributed by atoms with Crippen molar-refractivity contribution in [2.24, 2.45) is 0 Å². The summed E-state index contributed by atoms with van der Waals surface area (Å²) in [6.07, 6.45) is 7.33. The van der Waals surface area contributed by atoms with Crippen molar-refractivity contribution < 1.29 is 4.52 Å². The van der Waals surface area contributed by atoms with Crippen LogP contribution in [-0.4, -0.2) is 16.7 Å². The van der Waals surface area contributed by atoms with Crippen LogP contribution >= 0.6 is 0 Å². The molecular weight excluding hydrogens is 238 g/mol. The molecule has 1 aromatic carbocycles. The van der Waals surface area contributed by atoms with Gasteiger partial charge in [0.05, 0.1) is 18.5 Å². The van der Waals surface area contributed by atoms with Crippen molar-refractivity contribution in [3.63, 3.8) is 0 Å². The molecule has 1 N–H and O–H groups in total. The number of hydrogen-bond acceptors (Lipinski definition) is 4. The summed E-state index contributed by atoms with van der Waals surface area (Å²) >= 11 is 0. The quantitative estimate of drug-likeness (QED) is 0.653. The number of terminal acetylenes is 1. The van der Waals surface area contributed by atoms with Crippen LogP contribution in [-0.2, 0) is 12.0 Å². The largest absolute Gasteiger partial charge is 0.338 e. The van der Waals surface area contributed by atoms with Crippen molar-refractivity contribution in [1.82, 2.24) is 15.5 Å². The third-order valence-electron chi connectivity index (χ3n) is 3.48. The fourth-order valence-electron chi connectivity index (χ4n) is 2.29. The molecule has 1 aliphatic rings. The van der Waals surface area contributed by atoms with Gasteiger partial charge < -0.3 is 4.52 Å². The van der Waals surface area contributed by atoms with Crippen LogP contribution in [0.4, 0.5) is 0 Å². The molecule has 0 saturated heterocycles. The second-order valence-corrected chi connectivity index (χ2v) is 4.77. The van der Waals surface area contributed by atoms with E-state index in [2.05, 4.69) is 33.5 Å². The number of nitrogens with zero attached hydrogens (tertiary/aromatic N) is 2. The highest BCUT2D eigenvalue weighted by molar-refractivity contribution is 5.38. The maximum absolute atomic E-state index is 5.27. The molecule has 0 atom stereocenters. The molecule has 96 valence electrons. The van der Waals surface area contributed by atoms with Crippen LogP contribution in [0.15, 0.2) is 34.9 Å². The van der Waals surface area contributed by atoms with Gasteiger partial charge in [-0.1, -0.05) is 41.4 Å². The first-order valence-electron chi connectivity index (χ1n) is 6.38. The summed E-state index contributed by atoms with van der Waals surface area (Å²) in [5.74, 6) is 3.89. The number of nitrogens with one attached hydrogen (secondary N) is 1. The van der Waals surface area contributed by atoms with Gasteiger partial charge in [0.2, 0.25) is 5.89 Å². The van der Waals surface area contributed by atoms with Crippen molar-refractivity contribution >= 4 is 0 Å². The predicted molar refractivity (Wildman–Crippen MR) is 71.3 cm³/mol. The number of rotatable bonds is 5. The van der Waals surface area contributed by atoms with E-state index in [1.165, 1.54) is 5.56 Å². The lowest BCUT2D eigenvalue weighted by molar-refractivity contribution is 0.363. The first-order chi connectivity index (χ1) is 9.35.